The number of nitrogens with one attached hydrogen (secondary N) is 1. The Morgan fingerprint density at radius 3 is 2.70 bits per heavy atom. The second kappa shape index (κ2) is 8.98. The molecule has 0 heterocycles. The Morgan fingerprint density at radius 2 is 2.15 bits per heavy atom. The van der Waals surface area contributed by atoms with Crippen LogP contribution in [0.15, 0.2) is 0 Å². The van der Waals surface area contributed by atoms with E-state index in [1.807, 2.05) is 6.92 Å². The fraction of sp³-hybridized carbons (Fsp3) is 1.00. The van der Waals surface area contributed by atoms with E-state index >= 15 is 0 Å². The Hall–Kier alpha value is -0.160. The summed E-state index contributed by atoms with van der Waals surface area (Å²) in [6, 6.07) is 0.979. The molecule has 1 fully saturated rings. The van der Waals surface area contributed by atoms with E-state index in [4.69, 9.17) is 4.74 Å². The quantitative estimate of drug-likeness (QED) is 0.637. The van der Waals surface area contributed by atoms with E-state index in [1.165, 1.54) is 12.8 Å². The summed E-state index contributed by atoms with van der Waals surface area (Å²) >= 11 is 0. The van der Waals surface area contributed by atoms with Crippen molar-refractivity contribution in [3.05, 3.63) is 0 Å². The van der Waals surface area contributed by atoms with Crippen LogP contribution in [0.2, 0.25) is 0 Å². The van der Waals surface area contributed by atoms with E-state index in [9.17, 15) is 5.11 Å². The molecule has 0 aromatic rings. The maximum absolute atomic E-state index is 9.87. The first-order valence-corrected chi connectivity index (χ1v) is 8.27. The van der Waals surface area contributed by atoms with Crippen LogP contribution in [0, 0.1) is 0 Å². The topological polar surface area (TPSA) is 44.7 Å². The molecule has 1 aliphatic carbocycles. The minimum absolute atomic E-state index is 0.0872. The Bertz CT molecular complexity index is 261. The zero-order valence-electron chi connectivity index (χ0n) is 13.8. The first-order valence-electron chi connectivity index (χ1n) is 8.27. The molecule has 0 aliphatic heterocycles. The molecular weight excluding hydrogens is 252 g/mol. The van der Waals surface area contributed by atoms with Crippen molar-refractivity contribution in [1.29, 1.82) is 0 Å². The predicted octanol–water partition coefficient (Wildman–Crippen LogP) is 2.02. The lowest BCUT2D eigenvalue weighted by Gasteiger charge is -2.45. The van der Waals surface area contributed by atoms with Gasteiger partial charge >= 0.3 is 0 Å². The molecule has 0 spiro atoms. The highest BCUT2D eigenvalue weighted by atomic mass is 16.5. The molecule has 0 aromatic heterocycles. The minimum Gasteiger partial charge on any atom is -0.394 e. The van der Waals surface area contributed by atoms with Gasteiger partial charge in [0, 0.05) is 30.8 Å². The second-order valence-corrected chi connectivity index (χ2v) is 6.31. The number of hydrogen-bond acceptors (Lipinski definition) is 4. The predicted molar refractivity (Wildman–Crippen MR) is 84.1 cm³/mol. The van der Waals surface area contributed by atoms with E-state index in [1.54, 1.807) is 0 Å². The number of aliphatic hydroxyl groups excluding tert-OH is 1. The van der Waals surface area contributed by atoms with E-state index in [0.29, 0.717) is 12.1 Å². The molecule has 1 rings (SSSR count). The zero-order chi connectivity index (χ0) is 15.0. The maximum Gasteiger partial charge on any atom is 0.0613 e. The Kier molecular flexibility index (Phi) is 8.03. The summed E-state index contributed by atoms with van der Waals surface area (Å²) in [4.78, 5) is 2.52. The fourth-order valence-electron chi connectivity index (χ4n) is 3.50. The lowest BCUT2D eigenvalue weighted by molar-refractivity contribution is 0.0391. The zero-order valence-corrected chi connectivity index (χ0v) is 13.8. The lowest BCUT2D eigenvalue weighted by Crippen LogP contribution is -2.57. The summed E-state index contributed by atoms with van der Waals surface area (Å²) in [5.41, 5.74) is -0.0872. The van der Waals surface area contributed by atoms with E-state index in [0.717, 1.165) is 39.1 Å². The Morgan fingerprint density at radius 1 is 1.40 bits per heavy atom. The van der Waals surface area contributed by atoms with Gasteiger partial charge < -0.3 is 15.2 Å². The number of aliphatic hydroxyl groups is 1. The third-order valence-corrected chi connectivity index (χ3v) is 4.37. The Labute approximate surface area is 124 Å². The van der Waals surface area contributed by atoms with Gasteiger partial charge in [-0.25, -0.2) is 0 Å². The second-order valence-electron chi connectivity index (χ2n) is 6.31. The normalized spacial score (nSPS) is 27.4. The highest BCUT2D eigenvalue weighted by Gasteiger charge is 2.37. The number of hydrogen-bond donors (Lipinski definition) is 2. The molecule has 0 radical (unpaired) electrons. The van der Waals surface area contributed by atoms with Gasteiger partial charge in [0.25, 0.3) is 0 Å². The summed E-state index contributed by atoms with van der Waals surface area (Å²) in [6.45, 7) is 12.5. The standard InChI is InChI=1S/C16H34N2O2/c1-5-18(10-11-20-6-2)15-8-7-9-16(12-15,13-19)17-14(3)4/h14-15,17,19H,5-13H2,1-4H3. The molecule has 4 heteroatoms. The molecule has 2 atom stereocenters. The van der Waals surface area contributed by atoms with Gasteiger partial charge in [-0.15, -0.1) is 0 Å². The van der Waals surface area contributed by atoms with Gasteiger partial charge in [-0.3, -0.25) is 4.90 Å². The summed E-state index contributed by atoms with van der Waals surface area (Å²) in [5, 5.41) is 13.5. The van der Waals surface area contributed by atoms with Crippen molar-refractivity contribution >= 4 is 0 Å². The van der Waals surface area contributed by atoms with Gasteiger partial charge in [-0.2, -0.15) is 0 Å². The molecular formula is C16H34N2O2. The average Bonchev–Trinajstić information content (AvgIpc) is 2.43. The third-order valence-electron chi connectivity index (χ3n) is 4.37. The van der Waals surface area contributed by atoms with Crippen LogP contribution in [-0.4, -0.2) is 60.5 Å². The van der Waals surface area contributed by atoms with Crippen molar-refractivity contribution in [2.75, 3.05) is 32.9 Å². The molecule has 1 aliphatic rings. The SMILES string of the molecule is CCOCCN(CC)C1CCCC(CO)(NC(C)C)C1. The molecule has 2 unspecified atom stereocenters. The molecule has 120 valence electrons. The maximum atomic E-state index is 9.87. The monoisotopic (exact) mass is 286 g/mol. The first-order chi connectivity index (χ1) is 9.56. The number of nitrogens with zero attached hydrogens (tertiary/aromatic N) is 1. The van der Waals surface area contributed by atoms with Crippen molar-refractivity contribution in [2.45, 2.75) is 71.0 Å². The molecule has 2 N–H and O–H groups in total. The molecule has 20 heavy (non-hydrogen) atoms. The summed E-state index contributed by atoms with van der Waals surface area (Å²) in [5.74, 6) is 0. The van der Waals surface area contributed by atoms with Crippen molar-refractivity contribution in [3.8, 4) is 0 Å². The van der Waals surface area contributed by atoms with Crippen LogP contribution >= 0.6 is 0 Å². The number of ether oxygens (including phenoxy) is 1. The van der Waals surface area contributed by atoms with Gasteiger partial charge in [0.1, 0.15) is 0 Å². The van der Waals surface area contributed by atoms with Crippen molar-refractivity contribution in [2.24, 2.45) is 0 Å². The Balaban J connectivity index is 2.60. The van der Waals surface area contributed by atoms with Gasteiger partial charge in [0.2, 0.25) is 0 Å². The molecule has 0 saturated heterocycles. The van der Waals surface area contributed by atoms with E-state index < -0.39 is 0 Å². The van der Waals surface area contributed by atoms with Gasteiger partial charge in [0.05, 0.1) is 13.2 Å². The number of rotatable bonds is 9. The molecule has 0 aromatic carbocycles. The van der Waals surface area contributed by atoms with Gasteiger partial charge in [0.15, 0.2) is 0 Å². The van der Waals surface area contributed by atoms with E-state index in [2.05, 4.69) is 31.0 Å². The molecule has 4 nitrogen and oxygen atoms in total. The summed E-state index contributed by atoms with van der Waals surface area (Å²) < 4.78 is 5.49. The van der Waals surface area contributed by atoms with Gasteiger partial charge in [-0.05, 0) is 39.2 Å². The lowest BCUT2D eigenvalue weighted by atomic mass is 9.78. The van der Waals surface area contributed by atoms with Crippen LogP contribution in [0.5, 0.6) is 0 Å². The summed E-state index contributed by atoms with van der Waals surface area (Å²) in [7, 11) is 0. The molecule has 1 saturated carbocycles. The molecule has 0 bridgehead atoms. The largest absolute Gasteiger partial charge is 0.394 e. The highest BCUT2D eigenvalue weighted by molar-refractivity contribution is 4.97. The van der Waals surface area contributed by atoms with Crippen molar-refractivity contribution < 1.29 is 9.84 Å². The van der Waals surface area contributed by atoms with Crippen LogP contribution in [0.1, 0.15) is 53.4 Å². The van der Waals surface area contributed by atoms with E-state index in [-0.39, 0.29) is 12.1 Å². The van der Waals surface area contributed by atoms with Gasteiger partial charge in [-0.1, -0.05) is 20.8 Å². The van der Waals surface area contributed by atoms with Crippen LogP contribution in [-0.2, 0) is 4.74 Å². The van der Waals surface area contributed by atoms with Crippen molar-refractivity contribution in [3.63, 3.8) is 0 Å². The van der Waals surface area contributed by atoms with Crippen LogP contribution in [0.3, 0.4) is 0 Å². The highest BCUT2D eigenvalue weighted by Crippen LogP contribution is 2.31. The number of likely N-dealkylation sites (N-methyl/N-ethyl adjacent to an activating group) is 1. The fourth-order valence-corrected chi connectivity index (χ4v) is 3.50. The average molecular weight is 286 g/mol. The molecule has 0 amide bonds. The van der Waals surface area contributed by atoms with Crippen LogP contribution in [0.4, 0.5) is 0 Å². The van der Waals surface area contributed by atoms with Crippen molar-refractivity contribution in [1.82, 2.24) is 10.2 Å². The minimum atomic E-state index is -0.0872. The summed E-state index contributed by atoms with van der Waals surface area (Å²) in [6.07, 6.45) is 4.56. The van der Waals surface area contributed by atoms with Crippen LogP contribution in [0.25, 0.3) is 0 Å². The van der Waals surface area contributed by atoms with Crippen LogP contribution < -0.4 is 5.32 Å². The smallest absolute Gasteiger partial charge is 0.0613 e. The first kappa shape index (κ1) is 17.9. The third kappa shape index (κ3) is 5.32.